The van der Waals surface area contributed by atoms with Gasteiger partial charge in [0.15, 0.2) is 5.75 Å². The lowest BCUT2D eigenvalue weighted by molar-refractivity contribution is -0.136. The Morgan fingerprint density at radius 3 is 2.72 bits per heavy atom. The number of amides is 1. The summed E-state index contributed by atoms with van der Waals surface area (Å²) in [4.78, 5) is 14.2. The molecule has 25 heavy (non-hydrogen) atoms. The third-order valence-corrected chi connectivity index (χ3v) is 4.28. The van der Waals surface area contributed by atoms with E-state index in [1.54, 1.807) is 12.1 Å². The Morgan fingerprint density at radius 1 is 1.24 bits per heavy atom. The highest BCUT2D eigenvalue weighted by Gasteiger charge is 2.21. The van der Waals surface area contributed by atoms with Gasteiger partial charge in [-0.1, -0.05) is 35.9 Å². The van der Waals surface area contributed by atoms with E-state index in [2.05, 4.69) is 5.32 Å². The van der Waals surface area contributed by atoms with Crippen LogP contribution < -0.4 is 10.1 Å². The van der Waals surface area contributed by atoms with Gasteiger partial charge >= 0.3 is 0 Å². The number of rotatable bonds is 5. The first kappa shape index (κ1) is 17.6. The summed E-state index contributed by atoms with van der Waals surface area (Å²) in [6.45, 7) is 4.01. The summed E-state index contributed by atoms with van der Waals surface area (Å²) in [5.41, 5.74) is 0.747. The topological polar surface area (TPSA) is 50.8 Å². The van der Waals surface area contributed by atoms with Gasteiger partial charge in [0, 0.05) is 13.1 Å². The second-order valence-corrected chi connectivity index (χ2v) is 6.31. The summed E-state index contributed by atoms with van der Waals surface area (Å²) < 4.78 is 11.4. The Kier molecular flexibility index (Phi) is 5.79. The van der Waals surface area contributed by atoms with Crippen molar-refractivity contribution in [3.8, 4) is 11.5 Å². The van der Waals surface area contributed by atoms with Crippen molar-refractivity contribution in [2.75, 3.05) is 31.6 Å². The Morgan fingerprint density at radius 2 is 1.96 bits per heavy atom. The number of hydrogen-bond donors (Lipinski definition) is 1. The van der Waals surface area contributed by atoms with Crippen LogP contribution in [0.1, 0.15) is 6.92 Å². The lowest BCUT2D eigenvalue weighted by atomic mass is 10.2. The molecule has 132 valence electrons. The van der Waals surface area contributed by atoms with Gasteiger partial charge in [-0.15, -0.1) is 0 Å². The van der Waals surface area contributed by atoms with Gasteiger partial charge in [0.25, 0.3) is 0 Å². The number of anilines is 1. The third-order valence-electron chi connectivity index (χ3n) is 3.97. The van der Waals surface area contributed by atoms with E-state index in [4.69, 9.17) is 21.1 Å². The number of benzene rings is 2. The van der Waals surface area contributed by atoms with Gasteiger partial charge in [-0.25, -0.2) is 0 Å². The van der Waals surface area contributed by atoms with Crippen LogP contribution in [0.3, 0.4) is 0 Å². The first-order valence-corrected chi connectivity index (χ1v) is 8.66. The standard InChI is InChI=1S/C19H21ClN2O3/c1-14-13-22(10-11-24-14)19(23)12-21-16-7-3-5-9-18(16)25-17-8-4-2-6-15(17)20/h2-9,14,21H,10-13H2,1H3/t14-/m1/s1. The Labute approximate surface area is 152 Å². The number of halogens is 1. The summed E-state index contributed by atoms with van der Waals surface area (Å²) in [5.74, 6) is 1.24. The summed E-state index contributed by atoms with van der Waals surface area (Å²) in [5, 5.41) is 3.70. The highest BCUT2D eigenvalue weighted by molar-refractivity contribution is 6.32. The zero-order valence-electron chi connectivity index (χ0n) is 14.1. The fraction of sp³-hybridized carbons (Fsp3) is 0.316. The van der Waals surface area contributed by atoms with E-state index in [1.807, 2.05) is 48.2 Å². The zero-order valence-corrected chi connectivity index (χ0v) is 14.8. The molecule has 1 aliphatic heterocycles. The smallest absolute Gasteiger partial charge is 0.242 e. The maximum Gasteiger partial charge on any atom is 0.242 e. The fourth-order valence-corrected chi connectivity index (χ4v) is 2.85. The number of nitrogens with one attached hydrogen (secondary N) is 1. The minimum atomic E-state index is 0.0442. The molecular weight excluding hydrogens is 340 g/mol. The van der Waals surface area contributed by atoms with E-state index >= 15 is 0 Å². The van der Waals surface area contributed by atoms with E-state index in [0.717, 1.165) is 5.69 Å². The van der Waals surface area contributed by atoms with Gasteiger partial charge in [-0.2, -0.15) is 0 Å². The van der Waals surface area contributed by atoms with Crippen molar-refractivity contribution in [3.05, 3.63) is 53.6 Å². The Balaban J connectivity index is 1.65. The first-order valence-electron chi connectivity index (χ1n) is 8.28. The molecule has 0 radical (unpaired) electrons. The molecule has 5 nitrogen and oxygen atoms in total. The lowest BCUT2D eigenvalue weighted by Crippen LogP contribution is -2.46. The number of carbonyl (C=O) groups is 1. The summed E-state index contributed by atoms with van der Waals surface area (Å²) in [6.07, 6.45) is 0.0774. The molecule has 1 heterocycles. The molecule has 1 N–H and O–H groups in total. The van der Waals surface area contributed by atoms with Crippen molar-refractivity contribution in [1.82, 2.24) is 4.90 Å². The molecule has 1 amide bonds. The summed E-state index contributed by atoms with van der Waals surface area (Å²) in [6, 6.07) is 14.8. The maximum atomic E-state index is 12.4. The van der Waals surface area contributed by atoms with E-state index in [1.165, 1.54) is 0 Å². The van der Waals surface area contributed by atoms with Crippen LogP contribution in [0.4, 0.5) is 5.69 Å². The fourth-order valence-electron chi connectivity index (χ4n) is 2.68. The van der Waals surface area contributed by atoms with E-state index in [9.17, 15) is 4.79 Å². The van der Waals surface area contributed by atoms with E-state index in [-0.39, 0.29) is 18.6 Å². The average molecular weight is 361 g/mol. The molecule has 1 atom stereocenters. The van der Waals surface area contributed by atoms with Gasteiger partial charge in [-0.3, -0.25) is 4.79 Å². The molecule has 0 bridgehead atoms. The SMILES string of the molecule is C[C@@H]1CN(C(=O)CNc2ccccc2Oc2ccccc2Cl)CCO1. The second-order valence-electron chi connectivity index (χ2n) is 5.90. The molecule has 0 aromatic heterocycles. The molecule has 0 aliphatic carbocycles. The van der Waals surface area contributed by atoms with Gasteiger partial charge < -0.3 is 19.7 Å². The quantitative estimate of drug-likeness (QED) is 0.881. The average Bonchev–Trinajstić information content (AvgIpc) is 2.62. The van der Waals surface area contributed by atoms with Crippen LogP contribution in [0.15, 0.2) is 48.5 Å². The Bertz CT molecular complexity index is 738. The van der Waals surface area contributed by atoms with Gasteiger partial charge in [-0.05, 0) is 31.2 Å². The van der Waals surface area contributed by atoms with Crippen molar-refractivity contribution in [2.24, 2.45) is 0 Å². The lowest BCUT2D eigenvalue weighted by Gasteiger charge is -2.31. The van der Waals surface area contributed by atoms with Crippen LogP contribution in [-0.4, -0.2) is 43.2 Å². The zero-order chi connectivity index (χ0) is 17.6. The van der Waals surface area contributed by atoms with Gasteiger partial charge in [0.05, 0.1) is 30.0 Å². The van der Waals surface area contributed by atoms with Crippen molar-refractivity contribution in [1.29, 1.82) is 0 Å². The van der Waals surface area contributed by atoms with Crippen molar-refractivity contribution < 1.29 is 14.3 Å². The largest absolute Gasteiger partial charge is 0.454 e. The molecule has 1 saturated heterocycles. The summed E-state index contributed by atoms with van der Waals surface area (Å²) >= 11 is 6.15. The molecule has 1 fully saturated rings. The van der Waals surface area contributed by atoms with Crippen LogP contribution in [0, 0.1) is 0 Å². The predicted molar refractivity (Wildman–Crippen MR) is 98.5 cm³/mol. The number of carbonyl (C=O) groups excluding carboxylic acids is 1. The predicted octanol–water partition coefficient (Wildman–Crippen LogP) is 3.79. The summed E-state index contributed by atoms with van der Waals surface area (Å²) in [7, 11) is 0. The third kappa shape index (κ3) is 4.65. The molecular formula is C19H21ClN2O3. The van der Waals surface area contributed by atoms with Crippen molar-refractivity contribution in [2.45, 2.75) is 13.0 Å². The Hall–Kier alpha value is -2.24. The number of para-hydroxylation sites is 3. The molecule has 3 rings (SSSR count). The number of nitrogens with zero attached hydrogens (tertiary/aromatic N) is 1. The van der Waals surface area contributed by atoms with Crippen molar-refractivity contribution >= 4 is 23.2 Å². The number of hydrogen-bond acceptors (Lipinski definition) is 4. The van der Waals surface area contributed by atoms with E-state index < -0.39 is 0 Å². The molecule has 2 aromatic carbocycles. The molecule has 0 unspecified atom stereocenters. The molecule has 0 saturated carbocycles. The van der Waals surface area contributed by atoms with E-state index in [0.29, 0.717) is 36.2 Å². The highest BCUT2D eigenvalue weighted by atomic mass is 35.5. The van der Waals surface area contributed by atoms with Crippen LogP contribution >= 0.6 is 11.6 Å². The van der Waals surface area contributed by atoms with Crippen LogP contribution in [0.25, 0.3) is 0 Å². The molecule has 0 spiro atoms. The minimum Gasteiger partial charge on any atom is -0.454 e. The van der Waals surface area contributed by atoms with Crippen LogP contribution in [0.5, 0.6) is 11.5 Å². The first-order chi connectivity index (χ1) is 12.1. The monoisotopic (exact) mass is 360 g/mol. The van der Waals surface area contributed by atoms with Gasteiger partial charge in [0.2, 0.25) is 5.91 Å². The molecule has 6 heteroatoms. The normalized spacial score (nSPS) is 17.2. The number of morpholine rings is 1. The van der Waals surface area contributed by atoms with Crippen LogP contribution in [-0.2, 0) is 9.53 Å². The maximum absolute atomic E-state index is 12.4. The van der Waals surface area contributed by atoms with Crippen LogP contribution in [0.2, 0.25) is 5.02 Å². The van der Waals surface area contributed by atoms with Gasteiger partial charge in [0.1, 0.15) is 5.75 Å². The number of ether oxygens (including phenoxy) is 2. The molecule has 2 aromatic rings. The second kappa shape index (κ2) is 8.23. The molecule has 1 aliphatic rings. The highest BCUT2D eigenvalue weighted by Crippen LogP contribution is 2.33. The van der Waals surface area contributed by atoms with Crippen molar-refractivity contribution in [3.63, 3.8) is 0 Å². The minimum absolute atomic E-state index is 0.0442.